The Morgan fingerprint density at radius 1 is 1.46 bits per heavy atom. The second kappa shape index (κ2) is 2.99. The quantitative estimate of drug-likeness (QED) is 0.652. The number of hydrogen-bond donors (Lipinski definition) is 2. The first kappa shape index (κ1) is 9.98. The minimum atomic E-state index is -1.58. The van der Waals surface area contributed by atoms with Crippen LogP contribution in [-0.2, 0) is 14.3 Å². The maximum atomic E-state index is 10.8. The molecule has 5 nitrogen and oxygen atoms in total. The van der Waals surface area contributed by atoms with Gasteiger partial charge in [-0.1, -0.05) is 0 Å². The second-order valence-electron chi connectivity index (χ2n) is 3.47. The minimum Gasteiger partial charge on any atom is -0.481 e. The van der Waals surface area contributed by atoms with Crippen LogP contribution in [0.15, 0.2) is 0 Å². The Kier molecular flexibility index (Phi) is 2.30. The van der Waals surface area contributed by atoms with Gasteiger partial charge in [-0.25, -0.2) is 4.79 Å². The lowest BCUT2D eigenvalue weighted by Gasteiger charge is -2.22. The van der Waals surface area contributed by atoms with Crippen LogP contribution in [0.5, 0.6) is 0 Å². The molecule has 0 spiro atoms. The lowest BCUT2D eigenvalue weighted by atomic mass is 9.88. The molecule has 0 amide bonds. The molecule has 1 fully saturated rings. The lowest BCUT2D eigenvalue weighted by molar-refractivity contribution is -0.171. The summed E-state index contributed by atoms with van der Waals surface area (Å²) >= 11 is 0. The highest BCUT2D eigenvalue weighted by Gasteiger charge is 2.53. The van der Waals surface area contributed by atoms with E-state index >= 15 is 0 Å². The third-order valence-electron chi connectivity index (χ3n) is 2.40. The van der Waals surface area contributed by atoms with E-state index in [4.69, 9.17) is 14.9 Å². The summed E-state index contributed by atoms with van der Waals surface area (Å²) in [5, 5.41) is 17.6. The Bertz CT molecular complexity index is 249. The molecule has 13 heavy (non-hydrogen) atoms. The van der Waals surface area contributed by atoms with Crippen molar-refractivity contribution < 1.29 is 24.5 Å². The van der Waals surface area contributed by atoms with E-state index < -0.39 is 23.5 Å². The SMILES string of the molecule is CC1CC(C(=O)O)C(C)(C(=O)O)O1. The lowest BCUT2D eigenvalue weighted by Crippen LogP contribution is -2.44. The Labute approximate surface area is 75.3 Å². The number of aliphatic carboxylic acids is 2. The van der Waals surface area contributed by atoms with Crippen molar-refractivity contribution >= 4 is 11.9 Å². The van der Waals surface area contributed by atoms with Crippen molar-refractivity contribution in [1.82, 2.24) is 0 Å². The smallest absolute Gasteiger partial charge is 0.336 e. The Morgan fingerprint density at radius 3 is 2.31 bits per heavy atom. The number of carboxylic acid groups (broad SMARTS) is 2. The first-order chi connectivity index (χ1) is 5.88. The first-order valence-electron chi connectivity index (χ1n) is 4.02. The number of ether oxygens (including phenoxy) is 1. The molecule has 0 saturated carbocycles. The second-order valence-corrected chi connectivity index (χ2v) is 3.47. The van der Waals surface area contributed by atoms with Crippen LogP contribution in [0.25, 0.3) is 0 Å². The Morgan fingerprint density at radius 2 is 2.00 bits per heavy atom. The molecule has 0 aromatic heterocycles. The van der Waals surface area contributed by atoms with Crippen molar-refractivity contribution in [2.45, 2.75) is 32.0 Å². The summed E-state index contributed by atoms with van der Waals surface area (Å²) in [5.74, 6) is -3.29. The third kappa shape index (κ3) is 1.51. The van der Waals surface area contributed by atoms with Crippen molar-refractivity contribution in [2.75, 3.05) is 0 Å². The van der Waals surface area contributed by atoms with Gasteiger partial charge in [0.05, 0.1) is 12.0 Å². The monoisotopic (exact) mass is 188 g/mol. The van der Waals surface area contributed by atoms with Crippen LogP contribution < -0.4 is 0 Å². The van der Waals surface area contributed by atoms with Crippen LogP contribution in [0, 0.1) is 5.92 Å². The van der Waals surface area contributed by atoms with Crippen molar-refractivity contribution in [3.63, 3.8) is 0 Å². The van der Waals surface area contributed by atoms with Gasteiger partial charge in [0.25, 0.3) is 0 Å². The van der Waals surface area contributed by atoms with E-state index in [2.05, 4.69) is 0 Å². The molecule has 0 radical (unpaired) electrons. The van der Waals surface area contributed by atoms with Crippen LogP contribution in [0.4, 0.5) is 0 Å². The average molecular weight is 188 g/mol. The van der Waals surface area contributed by atoms with Gasteiger partial charge in [0.1, 0.15) is 0 Å². The summed E-state index contributed by atoms with van der Waals surface area (Å²) in [6, 6.07) is 0. The van der Waals surface area contributed by atoms with E-state index in [1.807, 2.05) is 0 Å². The highest BCUT2D eigenvalue weighted by atomic mass is 16.5. The van der Waals surface area contributed by atoms with Gasteiger partial charge >= 0.3 is 11.9 Å². The molecular formula is C8H12O5. The van der Waals surface area contributed by atoms with Crippen LogP contribution in [0.3, 0.4) is 0 Å². The minimum absolute atomic E-state index is 0.248. The zero-order chi connectivity index (χ0) is 10.2. The molecule has 5 heteroatoms. The number of rotatable bonds is 2. The molecule has 1 heterocycles. The molecule has 3 atom stereocenters. The molecule has 74 valence electrons. The number of carbonyl (C=O) groups is 2. The topological polar surface area (TPSA) is 83.8 Å². The molecule has 0 aliphatic carbocycles. The summed E-state index contributed by atoms with van der Waals surface area (Å²) in [4.78, 5) is 21.5. The largest absolute Gasteiger partial charge is 0.481 e. The predicted molar refractivity (Wildman–Crippen MR) is 42.3 cm³/mol. The van der Waals surface area contributed by atoms with E-state index in [1.54, 1.807) is 6.92 Å². The summed E-state index contributed by atoms with van der Waals surface area (Å²) in [5.41, 5.74) is -1.58. The molecule has 1 saturated heterocycles. The highest BCUT2D eigenvalue weighted by Crippen LogP contribution is 2.36. The fourth-order valence-corrected chi connectivity index (χ4v) is 1.64. The van der Waals surface area contributed by atoms with Gasteiger partial charge in [-0.05, 0) is 20.3 Å². The van der Waals surface area contributed by atoms with E-state index in [0.29, 0.717) is 0 Å². The maximum absolute atomic E-state index is 10.8. The third-order valence-corrected chi connectivity index (χ3v) is 2.40. The van der Waals surface area contributed by atoms with Gasteiger partial charge in [0, 0.05) is 0 Å². The van der Waals surface area contributed by atoms with Gasteiger partial charge in [-0.15, -0.1) is 0 Å². The first-order valence-corrected chi connectivity index (χ1v) is 4.02. The molecule has 0 aromatic rings. The van der Waals surface area contributed by atoms with Gasteiger partial charge < -0.3 is 14.9 Å². The molecule has 0 bridgehead atoms. The highest BCUT2D eigenvalue weighted by molar-refractivity contribution is 5.86. The summed E-state index contributed by atoms with van der Waals surface area (Å²) in [7, 11) is 0. The van der Waals surface area contributed by atoms with Crippen LogP contribution in [0.2, 0.25) is 0 Å². The van der Waals surface area contributed by atoms with Crippen molar-refractivity contribution in [2.24, 2.45) is 5.92 Å². The molecule has 1 aliphatic heterocycles. The van der Waals surface area contributed by atoms with Gasteiger partial charge in [-0.2, -0.15) is 0 Å². The van der Waals surface area contributed by atoms with Gasteiger partial charge in [-0.3, -0.25) is 4.79 Å². The van der Waals surface area contributed by atoms with Crippen molar-refractivity contribution in [1.29, 1.82) is 0 Å². The average Bonchev–Trinajstić information content (AvgIpc) is 2.27. The number of hydrogen-bond acceptors (Lipinski definition) is 3. The van der Waals surface area contributed by atoms with Crippen molar-refractivity contribution in [3.8, 4) is 0 Å². The van der Waals surface area contributed by atoms with E-state index in [-0.39, 0.29) is 12.5 Å². The number of carboxylic acids is 2. The van der Waals surface area contributed by atoms with E-state index in [0.717, 1.165) is 0 Å². The Balaban J connectivity index is 2.95. The summed E-state index contributed by atoms with van der Waals surface area (Å²) < 4.78 is 5.10. The normalized spacial score (nSPS) is 38.9. The summed E-state index contributed by atoms with van der Waals surface area (Å²) in [6.45, 7) is 2.97. The van der Waals surface area contributed by atoms with Crippen LogP contribution >= 0.6 is 0 Å². The van der Waals surface area contributed by atoms with Crippen LogP contribution in [0.1, 0.15) is 20.3 Å². The van der Waals surface area contributed by atoms with Crippen molar-refractivity contribution in [3.05, 3.63) is 0 Å². The molecule has 1 rings (SSSR count). The van der Waals surface area contributed by atoms with E-state index in [9.17, 15) is 9.59 Å². The fourth-order valence-electron chi connectivity index (χ4n) is 1.64. The summed E-state index contributed by atoms with van der Waals surface area (Å²) in [6.07, 6.45) is -0.0693. The van der Waals surface area contributed by atoms with Gasteiger partial charge in [0.15, 0.2) is 5.60 Å². The molecular weight excluding hydrogens is 176 g/mol. The fraction of sp³-hybridized carbons (Fsp3) is 0.750. The van der Waals surface area contributed by atoms with E-state index in [1.165, 1.54) is 6.92 Å². The molecule has 2 N–H and O–H groups in total. The Hall–Kier alpha value is -1.10. The molecule has 3 unspecified atom stereocenters. The van der Waals surface area contributed by atoms with Gasteiger partial charge in [0.2, 0.25) is 0 Å². The zero-order valence-corrected chi connectivity index (χ0v) is 7.48. The standard InChI is InChI=1S/C8H12O5/c1-4-3-5(6(9)10)8(2,13-4)7(11)12/h4-5H,3H2,1-2H3,(H,9,10)(H,11,12). The maximum Gasteiger partial charge on any atom is 0.336 e. The molecule has 1 aliphatic rings. The van der Waals surface area contributed by atoms with Crippen LogP contribution in [-0.4, -0.2) is 33.9 Å². The molecule has 0 aromatic carbocycles. The predicted octanol–water partition coefficient (Wildman–Crippen LogP) is 0.339. The zero-order valence-electron chi connectivity index (χ0n) is 7.48.